The number of nitrogens with zero attached hydrogens (tertiary/aromatic N) is 1. The van der Waals surface area contributed by atoms with Gasteiger partial charge >= 0.3 is 0 Å². The van der Waals surface area contributed by atoms with E-state index in [0.29, 0.717) is 9.34 Å². The molecule has 1 aliphatic rings. The first kappa shape index (κ1) is 12.3. The molecule has 4 nitrogen and oxygen atoms in total. The van der Waals surface area contributed by atoms with Crippen molar-refractivity contribution in [2.24, 2.45) is 0 Å². The maximum absolute atomic E-state index is 11.9. The molecule has 0 radical (unpaired) electrons. The van der Waals surface area contributed by atoms with Gasteiger partial charge in [0.05, 0.1) is 11.5 Å². The number of aromatic nitrogens is 1. The molecule has 7 heteroatoms. The Kier molecular flexibility index (Phi) is 3.84. The maximum Gasteiger partial charge on any atom is 0.183 e. The van der Waals surface area contributed by atoms with Crippen LogP contribution in [0.1, 0.15) is 17.7 Å². The van der Waals surface area contributed by atoms with Crippen LogP contribution in [0.5, 0.6) is 0 Å². The van der Waals surface area contributed by atoms with Gasteiger partial charge in [0.1, 0.15) is 0 Å². The highest BCUT2D eigenvalue weighted by molar-refractivity contribution is 7.90. The molecule has 0 aromatic carbocycles. The van der Waals surface area contributed by atoms with Crippen molar-refractivity contribution in [2.75, 3.05) is 12.3 Å². The molecule has 1 aromatic heterocycles. The lowest BCUT2D eigenvalue weighted by molar-refractivity contribution is 0.576. The van der Waals surface area contributed by atoms with Crippen molar-refractivity contribution < 1.29 is 8.42 Å². The molecule has 2 heterocycles. The first-order chi connectivity index (χ1) is 7.55. The van der Waals surface area contributed by atoms with Crippen molar-refractivity contribution in [3.63, 3.8) is 0 Å². The molecule has 2 rings (SSSR count). The second kappa shape index (κ2) is 5.00. The summed E-state index contributed by atoms with van der Waals surface area (Å²) in [5.41, 5.74) is 0. The SMILES string of the molecule is O=S(=O)(Cc1cnc(Cl)s1)CC1CCCN1. The zero-order valence-electron chi connectivity index (χ0n) is 8.65. The Morgan fingerprint density at radius 1 is 1.62 bits per heavy atom. The summed E-state index contributed by atoms with van der Waals surface area (Å²) in [5, 5.41) is 3.19. The molecule has 1 aliphatic heterocycles. The quantitative estimate of drug-likeness (QED) is 0.907. The highest BCUT2D eigenvalue weighted by Crippen LogP contribution is 2.21. The summed E-state index contributed by atoms with van der Waals surface area (Å²) in [5.74, 6) is 0.262. The van der Waals surface area contributed by atoms with E-state index in [1.54, 1.807) is 0 Å². The van der Waals surface area contributed by atoms with Crippen molar-refractivity contribution in [1.29, 1.82) is 0 Å². The van der Waals surface area contributed by atoms with Gasteiger partial charge in [-0.15, -0.1) is 11.3 Å². The third-order valence-electron chi connectivity index (χ3n) is 2.51. The van der Waals surface area contributed by atoms with Gasteiger partial charge in [-0.2, -0.15) is 0 Å². The monoisotopic (exact) mass is 280 g/mol. The van der Waals surface area contributed by atoms with Gasteiger partial charge in [0, 0.05) is 17.1 Å². The minimum Gasteiger partial charge on any atom is -0.313 e. The van der Waals surface area contributed by atoms with Gasteiger partial charge in [-0.25, -0.2) is 13.4 Å². The van der Waals surface area contributed by atoms with E-state index in [4.69, 9.17) is 11.6 Å². The summed E-state index contributed by atoms with van der Waals surface area (Å²) in [6, 6.07) is 0.119. The summed E-state index contributed by atoms with van der Waals surface area (Å²) in [6.45, 7) is 0.923. The molecule has 0 amide bonds. The van der Waals surface area contributed by atoms with Gasteiger partial charge in [-0.05, 0) is 19.4 Å². The molecule has 1 aromatic rings. The van der Waals surface area contributed by atoms with Crippen LogP contribution in [0.2, 0.25) is 4.47 Å². The van der Waals surface area contributed by atoms with Crippen LogP contribution in [0.25, 0.3) is 0 Å². The molecule has 1 unspecified atom stereocenters. The van der Waals surface area contributed by atoms with E-state index in [1.165, 1.54) is 17.5 Å². The Hall–Kier alpha value is -0.170. The molecule has 16 heavy (non-hydrogen) atoms. The highest BCUT2D eigenvalue weighted by atomic mass is 35.5. The Bertz CT molecular complexity index is 452. The average Bonchev–Trinajstić information content (AvgIpc) is 2.76. The third kappa shape index (κ3) is 3.41. The fourth-order valence-electron chi connectivity index (χ4n) is 1.83. The zero-order chi connectivity index (χ0) is 11.6. The normalized spacial score (nSPS) is 21.4. The molecule has 1 atom stereocenters. The van der Waals surface area contributed by atoms with Crippen LogP contribution in [-0.4, -0.2) is 31.7 Å². The zero-order valence-corrected chi connectivity index (χ0v) is 11.0. The fourth-order valence-corrected chi connectivity index (χ4v) is 4.90. The Labute approximate surface area is 104 Å². The first-order valence-corrected chi connectivity index (χ1v) is 8.11. The van der Waals surface area contributed by atoms with Crippen molar-refractivity contribution in [3.8, 4) is 0 Å². The number of nitrogens with one attached hydrogen (secondary N) is 1. The van der Waals surface area contributed by atoms with Crippen molar-refractivity contribution in [1.82, 2.24) is 10.3 Å². The predicted molar refractivity (Wildman–Crippen MR) is 65.6 cm³/mol. The van der Waals surface area contributed by atoms with E-state index < -0.39 is 9.84 Å². The summed E-state index contributed by atoms with van der Waals surface area (Å²) >= 11 is 6.89. The molecule has 0 saturated carbocycles. The van der Waals surface area contributed by atoms with Crippen LogP contribution in [0.4, 0.5) is 0 Å². The minimum absolute atomic E-state index is 0.0512. The number of sulfone groups is 1. The Morgan fingerprint density at radius 2 is 2.44 bits per heavy atom. The molecular formula is C9H13ClN2O2S2. The molecular weight excluding hydrogens is 268 g/mol. The molecule has 0 bridgehead atoms. The van der Waals surface area contributed by atoms with E-state index in [0.717, 1.165) is 19.4 Å². The van der Waals surface area contributed by atoms with Gasteiger partial charge in [-0.1, -0.05) is 11.6 Å². The second-order valence-corrected chi connectivity index (χ2v) is 7.73. The van der Waals surface area contributed by atoms with Crippen molar-refractivity contribution in [2.45, 2.75) is 24.6 Å². The Morgan fingerprint density at radius 3 is 3.00 bits per heavy atom. The summed E-state index contributed by atoms with van der Waals surface area (Å²) in [4.78, 5) is 4.55. The highest BCUT2D eigenvalue weighted by Gasteiger charge is 2.22. The van der Waals surface area contributed by atoms with Gasteiger partial charge < -0.3 is 5.32 Å². The summed E-state index contributed by atoms with van der Waals surface area (Å²) in [7, 11) is -3.06. The number of hydrogen-bond acceptors (Lipinski definition) is 5. The van der Waals surface area contributed by atoms with Crippen LogP contribution in [-0.2, 0) is 15.6 Å². The smallest absolute Gasteiger partial charge is 0.183 e. The van der Waals surface area contributed by atoms with Gasteiger partial charge in [0.25, 0.3) is 0 Å². The maximum atomic E-state index is 11.9. The van der Waals surface area contributed by atoms with E-state index in [1.807, 2.05) is 0 Å². The number of thiazole rings is 1. The lowest BCUT2D eigenvalue weighted by Crippen LogP contribution is -2.30. The van der Waals surface area contributed by atoms with Crippen LogP contribution >= 0.6 is 22.9 Å². The molecule has 1 fully saturated rings. The fraction of sp³-hybridized carbons (Fsp3) is 0.667. The standard InChI is InChI=1S/C9H13ClN2O2S2/c10-9-12-4-8(15-9)6-16(13,14)5-7-2-1-3-11-7/h4,7,11H,1-3,5-6H2. The van der Waals surface area contributed by atoms with Crippen molar-refractivity contribution in [3.05, 3.63) is 15.5 Å². The van der Waals surface area contributed by atoms with Gasteiger partial charge in [0.15, 0.2) is 14.3 Å². The largest absolute Gasteiger partial charge is 0.313 e. The lowest BCUT2D eigenvalue weighted by atomic mass is 10.3. The lowest BCUT2D eigenvalue weighted by Gasteiger charge is -2.09. The molecule has 1 N–H and O–H groups in total. The van der Waals surface area contributed by atoms with Crippen molar-refractivity contribution >= 4 is 32.8 Å². The van der Waals surface area contributed by atoms with E-state index in [9.17, 15) is 8.42 Å². The number of rotatable bonds is 4. The topological polar surface area (TPSA) is 59.1 Å². The molecule has 1 saturated heterocycles. The number of hydrogen-bond donors (Lipinski definition) is 1. The van der Waals surface area contributed by atoms with Crippen LogP contribution in [0.15, 0.2) is 6.20 Å². The van der Waals surface area contributed by atoms with Crippen LogP contribution in [0, 0.1) is 0 Å². The van der Waals surface area contributed by atoms with E-state index >= 15 is 0 Å². The summed E-state index contributed by atoms with van der Waals surface area (Å²) in [6.07, 6.45) is 3.54. The minimum atomic E-state index is -3.06. The number of halogens is 1. The average molecular weight is 281 g/mol. The summed E-state index contributed by atoms with van der Waals surface area (Å²) < 4.78 is 24.1. The third-order valence-corrected chi connectivity index (χ3v) is 5.46. The molecule has 0 aliphatic carbocycles. The van der Waals surface area contributed by atoms with Crippen LogP contribution in [0.3, 0.4) is 0 Å². The second-order valence-electron chi connectivity index (χ2n) is 3.93. The molecule has 90 valence electrons. The predicted octanol–water partition coefficient (Wildman–Crippen LogP) is 1.46. The van der Waals surface area contributed by atoms with Gasteiger partial charge in [0.2, 0.25) is 0 Å². The van der Waals surface area contributed by atoms with Gasteiger partial charge in [-0.3, -0.25) is 0 Å². The molecule has 0 spiro atoms. The first-order valence-electron chi connectivity index (χ1n) is 5.09. The van der Waals surface area contributed by atoms with E-state index in [-0.39, 0.29) is 17.5 Å². The van der Waals surface area contributed by atoms with Crippen LogP contribution < -0.4 is 5.32 Å². The Balaban J connectivity index is 1.96. The van der Waals surface area contributed by atoms with E-state index in [2.05, 4.69) is 10.3 Å².